The SMILES string of the molecule is O=C(NCCc1ccccc1)Nc1ccc2c(c1)C(=O)Nc1cc(Cl)ccc1O2. The van der Waals surface area contributed by atoms with E-state index in [-0.39, 0.29) is 11.9 Å². The van der Waals surface area contributed by atoms with Gasteiger partial charge in [-0.2, -0.15) is 0 Å². The number of rotatable bonds is 4. The van der Waals surface area contributed by atoms with Gasteiger partial charge in [0.2, 0.25) is 0 Å². The van der Waals surface area contributed by atoms with Gasteiger partial charge >= 0.3 is 6.03 Å². The summed E-state index contributed by atoms with van der Waals surface area (Å²) >= 11 is 5.99. The topological polar surface area (TPSA) is 79.5 Å². The van der Waals surface area contributed by atoms with Gasteiger partial charge in [0.1, 0.15) is 5.75 Å². The third-order valence-corrected chi connectivity index (χ3v) is 4.67. The van der Waals surface area contributed by atoms with Crippen molar-refractivity contribution in [2.24, 2.45) is 0 Å². The number of hydrogen-bond acceptors (Lipinski definition) is 3. The van der Waals surface area contributed by atoms with Gasteiger partial charge in [-0.05, 0) is 48.4 Å². The molecule has 0 saturated heterocycles. The fourth-order valence-electron chi connectivity index (χ4n) is 3.01. The van der Waals surface area contributed by atoms with Gasteiger partial charge in [0, 0.05) is 17.3 Å². The lowest BCUT2D eigenvalue weighted by molar-refractivity contribution is 0.102. The van der Waals surface area contributed by atoms with Crippen LogP contribution in [0.25, 0.3) is 0 Å². The molecule has 0 spiro atoms. The number of benzene rings is 3. The Balaban J connectivity index is 1.42. The third kappa shape index (κ3) is 4.50. The van der Waals surface area contributed by atoms with Crippen LogP contribution < -0.4 is 20.7 Å². The number of fused-ring (bicyclic) bond motifs is 2. The Morgan fingerprint density at radius 1 is 1.00 bits per heavy atom. The smallest absolute Gasteiger partial charge is 0.319 e. The van der Waals surface area contributed by atoms with Crippen molar-refractivity contribution in [3.8, 4) is 11.5 Å². The summed E-state index contributed by atoms with van der Waals surface area (Å²) in [5.41, 5.74) is 2.45. The largest absolute Gasteiger partial charge is 0.454 e. The van der Waals surface area contributed by atoms with E-state index < -0.39 is 0 Å². The van der Waals surface area contributed by atoms with E-state index in [9.17, 15) is 9.59 Å². The zero-order valence-electron chi connectivity index (χ0n) is 15.4. The van der Waals surface area contributed by atoms with Crippen LogP contribution >= 0.6 is 11.6 Å². The lowest BCUT2D eigenvalue weighted by Gasteiger charge is -2.11. The fourth-order valence-corrected chi connectivity index (χ4v) is 3.18. The summed E-state index contributed by atoms with van der Waals surface area (Å²) in [6.45, 7) is 0.500. The van der Waals surface area contributed by atoms with E-state index in [4.69, 9.17) is 16.3 Å². The molecular weight excluding hydrogens is 390 g/mol. The molecule has 0 bridgehead atoms. The Bertz CT molecular complexity index is 1070. The molecule has 3 aromatic carbocycles. The molecule has 3 aromatic rings. The molecule has 7 heteroatoms. The van der Waals surface area contributed by atoms with Gasteiger partial charge in [0.15, 0.2) is 5.75 Å². The summed E-state index contributed by atoms with van der Waals surface area (Å²) in [6.07, 6.45) is 0.732. The predicted octanol–water partition coefficient (Wildman–Crippen LogP) is 5.06. The van der Waals surface area contributed by atoms with E-state index in [1.165, 1.54) is 0 Å². The van der Waals surface area contributed by atoms with Gasteiger partial charge in [-0.3, -0.25) is 4.79 Å². The van der Waals surface area contributed by atoms with E-state index in [1.807, 2.05) is 30.3 Å². The van der Waals surface area contributed by atoms with E-state index in [0.29, 0.717) is 40.0 Å². The summed E-state index contributed by atoms with van der Waals surface area (Å²) in [7, 11) is 0. The maximum atomic E-state index is 12.6. The first-order valence-electron chi connectivity index (χ1n) is 9.10. The molecule has 0 radical (unpaired) electrons. The molecule has 0 saturated carbocycles. The first-order valence-corrected chi connectivity index (χ1v) is 9.48. The Morgan fingerprint density at radius 3 is 2.62 bits per heavy atom. The van der Waals surface area contributed by atoms with Crippen LogP contribution in [0.4, 0.5) is 16.2 Å². The summed E-state index contributed by atoms with van der Waals surface area (Å²) in [5.74, 6) is 0.564. The van der Waals surface area contributed by atoms with Crippen LogP contribution in [0.3, 0.4) is 0 Å². The first-order chi connectivity index (χ1) is 14.1. The monoisotopic (exact) mass is 407 g/mol. The molecule has 1 aliphatic heterocycles. The molecule has 146 valence electrons. The Kier molecular flexibility index (Phi) is 5.35. The molecule has 1 heterocycles. The van der Waals surface area contributed by atoms with Gasteiger partial charge in [0.25, 0.3) is 5.91 Å². The zero-order valence-corrected chi connectivity index (χ0v) is 16.1. The first kappa shape index (κ1) is 18.8. The number of urea groups is 1. The van der Waals surface area contributed by atoms with Crippen molar-refractivity contribution >= 4 is 34.9 Å². The normalized spacial score (nSPS) is 12.0. The van der Waals surface area contributed by atoms with Crippen molar-refractivity contribution in [2.45, 2.75) is 6.42 Å². The number of nitrogens with one attached hydrogen (secondary N) is 3. The molecule has 29 heavy (non-hydrogen) atoms. The average Bonchev–Trinajstić information content (AvgIpc) is 2.84. The van der Waals surface area contributed by atoms with Crippen molar-refractivity contribution in [1.82, 2.24) is 5.32 Å². The Labute approximate surface area is 172 Å². The molecule has 1 aliphatic rings. The minimum Gasteiger partial charge on any atom is -0.454 e. The van der Waals surface area contributed by atoms with E-state index in [1.54, 1.807) is 36.4 Å². The summed E-state index contributed by atoms with van der Waals surface area (Å²) in [6, 6.07) is 19.5. The van der Waals surface area contributed by atoms with Crippen molar-refractivity contribution in [3.63, 3.8) is 0 Å². The predicted molar refractivity (Wildman–Crippen MR) is 113 cm³/mol. The van der Waals surface area contributed by atoms with E-state index in [0.717, 1.165) is 12.0 Å². The average molecular weight is 408 g/mol. The molecule has 3 N–H and O–H groups in total. The molecule has 3 amide bonds. The highest BCUT2D eigenvalue weighted by molar-refractivity contribution is 6.31. The summed E-state index contributed by atoms with van der Waals surface area (Å²) in [4.78, 5) is 24.8. The number of halogens is 1. The summed E-state index contributed by atoms with van der Waals surface area (Å²) in [5, 5.41) is 8.82. The van der Waals surface area contributed by atoms with E-state index in [2.05, 4.69) is 16.0 Å². The highest BCUT2D eigenvalue weighted by atomic mass is 35.5. The minimum atomic E-state index is -0.342. The number of ether oxygens (including phenoxy) is 1. The maximum Gasteiger partial charge on any atom is 0.319 e. The van der Waals surface area contributed by atoms with Crippen LogP contribution in [0.2, 0.25) is 5.02 Å². The highest BCUT2D eigenvalue weighted by Gasteiger charge is 2.21. The van der Waals surface area contributed by atoms with Gasteiger partial charge in [-0.15, -0.1) is 0 Å². The third-order valence-electron chi connectivity index (χ3n) is 4.43. The fraction of sp³-hybridized carbons (Fsp3) is 0.0909. The van der Waals surface area contributed by atoms with Gasteiger partial charge < -0.3 is 20.7 Å². The lowest BCUT2D eigenvalue weighted by Crippen LogP contribution is -2.30. The van der Waals surface area contributed by atoms with Crippen LogP contribution in [0, 0.1) is 0 Å². The van der Waals surface area contributed by atoms with E-state index >= 15 is 0 Å². The second kappa shape index (κ2) is 8.24. The number of hydrogen-bond donors (Lipinski definition) is 3. The zero-order chi connectivity index (χ0) is 20.2. The Hall–Kier alpha value is -3.51. The summed E-state index contributed by atoms with van der Waals surface area (Å²) < 4.78 is 5.83. The number of anilines is 2. The van der Waals surface area contributed by atoms with Crippen LogP contribution in [0.5, 0.6) is 11.5 Å². The lowest BCUT2D eigenvalue weighted by atomic mass is 10.1. The molecule has 6 nitrogen and oxygen atoms in total. The molecule has 4 rings (SSSR count). The minimum absolute atomic E-state index is 0.319. The number of amides is 3. The van der Waals surface area contributed by atoms with Crippen molar-refractivity contribution < 1.29 is 14.3 Å². The molecule has 0 aromatic heterocycles. The molecule has 0 unspecified atom stereocenters. The standard InChI is InChI=1S/C22H18ClN3O3/c23-15-6-8-20-18(12-15)26-21(27)17-13-16(7-9-19(17)29-20)25-22(28)24-11-10-14-4-2-1-3-5-14/h1-9,12-13H,10-11H2,(H,26,27)(H2,24,25,28). The van der Waals surface area contributed by atoms with Crippen LogP contribution in [-0.4, -0.2) is 18.5 Å². The number of carbonyl (C=O) groups excluding carboxylic acids is 2. The highest BCUT2D eigenvalue weighted by Crippen LogP contribution is 2.37. The van der Waals surface area contributed by atoms with Crippen molar-refractivity contribution in [1.29, 1.82) is 0 Å². The molecule has 0 atom stereocenters. The second-order valence-electron chi connectivity index (χ2n) is 6.52. The van der Waals surface area contributed by atoms with Crippen LogP contribution in [0.1, 0.15) is 15.9 Å². The quantitative estimate of drug-likeness (QED) is 0.565. The van der Waals surface area contributed by atoms with Crippen molar-refractivity contribution in [3.05, 3.63) is 82.9 Å². The van der Waals surface area contributed by atoms with Gasteiger partial charge in [-0.1, -0.05) is 41.9 Å². The second-order valence-corrected chi connectivity index (χ2v) is 6.96. The number of carbonyl (C=O) groups is 2. The molecular formula is C22H18ClN3O3. The van der Waals surface area contributed by atoms with Crippen LogP contribution in [-0.2, 0) is 6.42 Å². The van der Waals surface area contributed by atoms with Crippen LogP contribution in [0.15, 0.2) is 66.7 Å². The molecule has 0 aliphatic carbocycles. The Morgan fingerprint density at radius 2 is 1.79 bits per heavy atom. The van der Waals surface area contributed by atoms with Gasteiger partial charge in [-0.25, -0.2) is 4.79 Å². The molecule has 0 fully saturated rings. The van der Waals surface area contributed by atoms with Crippen molar-refractivity contribution in [2.75, 3.05) is 17.2 Å². The maximum absolute atomic E-state index is 12.6. The van der Waals surface area contributed by atoms with Gasteiger partial charge in [0.05, 0.1) is 11.3 Å².